The number of benzene rings is 2. The molecule has 2 aromatic carbocycles. The minimum Gasteiger partial charge on any atom is -0.489 e. The van der Waals surface area contributed by atoms with Crippen LogP contribution in [-0.4, -0.2) is 51.7 Å². The standard InChI is InChI=1S/C30H34N4O2.CH4/c1-31-28-12-15-33(18-17-32-13-5-6-14-32)21-27(28)26-10-9-24(19-29(26)31)34-16-11-25(20-30(34)35)36-22-23-7-3-2-4-8-23;/h2-4,7-11,16,19-20H,5-6,12-15,17-18,21-22H2,1H3;1H4. The number of aryl methyl sites for hydroxylation is 1. The van der Waals surface area contributed by atoms with Gasteiger partial charge in [-0.1, -0.05) is 43.8 Å². The first-order valence-corrected chi connectivity index (χ1v) is 13.1. The minimum absolute atomic E-state index is 0. The summed E-state index contributed by atoms with van der Waals surface area (Å²) in [5.74, 6) is 0.588. The average molecular weight is 499 g/mol. The van der Waals surface area contributed by atoms with Gasteiger partial charge in [-0.15, -0.1) is 0 Å². The van der Waals surface area contributed by atoms with Gasteiger partial charge >= 0.3 is 0 Å². The summed E-state index contributed by atoms with van der Waals surface area (Å²) in [4.78, 5) is 18.2. The van der Waals surface area contributed by atoms with Gasteiger partial charge in [-0.25, -0.2) is 0 Å². The lowest BCUT2D eigenvalue weighted by Gasteiger charge is -2.29. The highest BCUT2D eigenvalue weighted by Gasteiger charge is 2.24. The fraction of sp³-hybridized carbons (Fsp3) is 0.387. The maximum atomic E-state index is 13.0. The van der Waals surface area contributed by atoms with Gasteiger partial charge in [0.1, 0.15) is 12.4 Å². The van der Waals surface area contributed by atoms with Crippen LogP contribution in [-0.2, 0) is 26.6 Å². The second-order valence-electron chi connectivity index (χ2n) is 10.1. The van der Waals surface area contributed by atoms with E-state index in [1.165, 1.54) is 54.6 Å². The molecule has 0 saturated carbocycles. The van der Waals surface area contributed by atoms with Crippen LogP contribution < -0.4 is 10.3 Å². The van der Waals surface area contributed by atoms with Gasteiger partial charge in [0, 0.05) is 63.0 Å². The summed E-state index contributed by atoms with van der Waals surface area (Å²) in [6.45, 7) is 7.40. The molecule has 0 N–H and O–H groups in total. The highest BCUT2D eigenvalue weighted by atomic mass is 16.5. The highest BCUT2D eigenvalue weighted by Crippen LogP contribution is 2.31. The van der Waals surface area contributed by atoms with Gasteiger partial charge in [0.25, 0.3) is 5.56 Å². The molecule has 6 heteroatoms. The predicted octanol–water partition coefficient (Wildman–Crippen LogP) is 5.00. The Kier molecular flexibility index (Phi) is 7.49. The molecule has 0 radical (unpaired) electrons. The number of pyridine rings is 1. The first-order valence-electron chi connectivity index (χ1n) is 13.1. The molecule has 4 aromatic rings. The number of aromatic nitrogens is 2. The van der Waals surface area contributed by atoms with Crippen molar-refractivity contribution < 1.29 is 4.74 Å². The normalized spacial score (nSPS) is 16.0. The molecule has 0 atom stereocenters. The summed E-state index contributed by atoms with van der Waals surface area (Å²) in [5.41, 5.74) is 5.93. The van der Waals surface area contributed by atoms with E-state index >= 15 is 0 Å². The van der Waals surface area contributed by atoms with Crippen LogP contribution in [0, 0.1) is 0 Å². The molecular formula is C31H38N4O2. The molecule has 0 bridgehead atoms. The first-order chi connectivity index (χ1) is 17.7. The lowest BCUT2D eigenvalue weighted by Crippen LogP contribution is -2.37. The lowest BCUT2D eigenvalue weighted by molar-refractivity contribution is 0.210. The predicted molar refractivity (Wildman–Crippen MR) is 151 cm³/mol. The zero-order valence-electron chi connectivity index (χ0n) is 21.0. The van der Waals surface area contributed by atoms with Crippen molar-refractivity contribution in [1.82, 2.24) is 18.9 Å². The smallest absolute Gasteiger partial charge is 0.258 e. The van der Waals surface area contributed by atoms with Crippen molar-refractivity contribution in [2.45, 2.75) is 39.8 Å². The summed E-state index contributed by atoms with van der Waals surface area (Å²) in [5, 5.41) is 1.30. The third-order valence-corrected chi connectivity index (χ3v) is 7.82. The summed E-state index contributed by atoms with van der Waals surface area (Å²) >= 11 is 0. The zero-order valence-corrected chi connectivity index (χ0v) is 21.0. The largest absolute Gasteiger partial charge is 0.489 e. The van der Waals surface area contributed by atoms with E-state index in [-0.39, 0.29) is 13.0 Å². The van der Waals surface area contributed by atoms with Crippen LogP contribution >= 0.6 is 0 Å². The van der Waals surface area contributed by atoms with Crippen molar-refractivity contribution in [2.24, 2.45) is 7.05 Å². The number of fused-ring (bicyclic) bond motifs is 3. The molecule has 6 rings (SSSR count). The molecule has 1 saturated heterocycles. The Hall–Kier alpha value is -3.35. The van der Waals surface area contributed by atoms with E-state index in [1.54, 1.807) is 10.6 Å². The summed E-state index contributed by atoms with van der Waals surface area (Å²) < 4.78 is 9.87. The van der Waals surface area contributed by atoms with Crippen molar-refractivity contribution in [3.63, 3.8) is 0 Å². The number of likely N-dealkylation sites (tertiary alicyclic amines) is 1. The summed E-state index contributed by atoms with van der Waals surface area (Å²) in [6, 6.07) is 19.8. The molecule has 6 nitrogen and oxygen atoms in total. The monoisotopic (exact) mass is 498 g/mol. The molecule has 194 valence electrons. The van der Waals surface area contributed by atoms with Crippen molar-refractivity contribution in [1.29, 1.82) is 0 Å². The van der Waals surface area contributed by atoms with Crippen LogP contribution in [0.3, 0.4) is 0 Å². The molecule has 2 aliphatic heterocycles. The Morgan fingerprint density at radius 1 is 0.892 bits per heavy atom. The van der Waals surface area contributed by atoms with Gasteiger partial charge in [-0.05, 0) is 55.3 Å². The van der Waals surface area contributed by atoms with Crippen LogP contribution in [0.25, 0.3) is 16.6 Å². The second-order valence-corrected chi connectivity index (χ2v) is 10.1. The van der Waals surface area contributed by atoms with E-state index in [0.717, 1.165) is 37.3 Å². The Bertz CT molecular complexity index is 1420. The van der Waals surface area contributed by atoms with E-state index in [9.17, 15) is 4.79 Å². The molecule has 0 unspecified atom stereocenters. The number of rotatable bonds is 7. The fourth-order valence-electron chi connectivity index (χ4n) is 5.75. The molecule has 0 spiro atoms. The minimum atomic E-state index is -0.0908. The maximum Gasteiger partial charge on any atom is 0.258 e. The van der Waals surface area contributed by atoms with Gasteiger partial charge in [-0.3, -0.25) is 14.3 Å². The number of ether oxygens (including phenoxy) is 1. The molecule has 4 heterocycles. The number of hydrogen-bond acceptors (Lipinski definition) is 4. The molecular weight excluding hydrogens is 460 g/mol. The third-order valence-electron chi connectivity index (χ3n) is 7.82. The molecule has 0 amide bonds. The quantitative estimate of drug-likeness (QED) is 0.360. The molecule has 0 aliphatic carbocycles. The second kappa shape index (κ2) is 11.0. The van der Waals surface area contributed by atoms with Crippen LogP contribution in [0.5, 0.6) is 5.75 Å². The SMILES string of the molecule is C.Cn1c2c(c3ccc(-n4ccc(OCc5ccccc5)cc4=O)cc31)CN(CCN1CCCC1)CC2. The van der Waals surface area contributed by atoms with Crippen molar-refractivity contribution in [2.75, 3.05) is 32.7 Å². The zero-order chi connectivity index (χ0) is 24.5. The van der Waals surface area contributed by atoms with Gasteiger partial charge in [0.2, 0.25) is 0 Å². The average Bonchev–Trinajstić information content (AvgIpc) is 3.53. The van der Waals surface area contributed by atoms with Gasteiger partial charge < -0.3 is 14.2 Å². The van der Waals surface area contributed by atoms with Crippen molar-refractivity contribution in [3.05, 3.63) is 94.0 Å². The molecule has 2 aliphatic rings. The number of hydrogen-bond donors (Lipinski definition) is 0. The summed E-state index contributed by atoms with van der Waals surface area (Å²) in [6.07, 6.45) is 5.58. The van der Waals surface area contributed by atoms with E-state index in [4.69, 9.17) is 4.74 Å². The van der Waals surface area contributed by atoms with Crippen LogP contribution in [0.2, 0.25) is 0 Å². The Labute approximate surface area is 219 Å². The molecule has 37 heavy (non-hydrogen) atoms. The van der Waals surface area contributed by atoms with E-state index in [1.807, 2.05) is 42.6 Å². The Balaban J connectivity index is 0.00000280. The van der Waals surface area contributed by atoms with E-state index in [0.29, 0.717) is 12.4 Å². The fourth-order valence-corrected chi connectivity index (χ4v) is 5.75. The molecule has 2 aromatic heterocycles. The van der Waals surface area contributed by atoms with Gasteiger partial charge in [-0.2, -0.15) is 0 Å². The van der Waals surface area contributed by atoms with Gasteiger partial charge in [0.05, 0.1) is 11.2 Å². The third kappa shape index (κ3) is 5.22. The van der Waals surface area contributed by atoms with Crippen molar-refractivity contribution in [3.8, 4) is 11.4 Å². The van der Waals surface area contributed by atoms with E-state index in [2.05, 4.69) is 39.6 Å². The van der Waals surface area contributed by atoms with Crippen LogP contribution in [0.1, 0.15) is 37.1 Å². The number of nitrogens with zero attached hydrogens (tertiary/aromatic N) is 4. The van der Waals surface area contributed by atoms with Crippen molar-refractivity contribution >= 4 is 10.9 Å². The molecule has 1 fully saturated rings. The lowest BCUT2D eigenvalue weighted by atomic mass is 10.0. The van der Waals surface area contributed by atoms with Gasteiger partial charge in [0.15, 0.2) is 0 Å². The maximum absolute atomic E-state index is 13.0. The highest BCUT2D eigenvalue weighted by molar-refractivity contribution is 5.87. The Morgan fingerprint density at radius 2 is 1.68 bits per heavy atom. The van der Waals surface area contributed by atoms with Crippen LogP contribution in [0.15, 0.2) is 71.7 Å². The van der Waals surface area contributed by atoms with E-state index < -0.39 is 0 Å². The van der Waals surface area contributed by atoms with Crippen LogP contribution in [0.4, 0.5) is 0 Å². The topological polar surface area (TPSA) is 42.6 Å². The summed E-state index contributed by atoms with van der Waals surface area (Å²) in [7, 11) is 2.16. The first kappa shape index (κ1) is 25.3. The Morgan fingerprint density at radius 3 is 2.46 bits per heavy atom.